The van der Waals surface area contributed by atoms with Gasteiger partial charge in [0.15, 0.2) is 23.0 Å². The number of aliphatic carboxylic acids is 2. The molecule has 4 rings (SSSR count). The minimum Gasteiger partial charge on any atom is -0.493 e. The van der Waals surface area contributed by atoms with Gasteiger partial charge in [-0.15, -0.1) is 0 Å². The fourth-order valence-corrected chi connectivity index (χ4v) is 6.61. The number of methoxy groups -OCH3 is 2. The van der Waals surface area contributed by atoms with Crippen LogP contribution in [0.5, 0.6) is 23.0 Å². The maximum Gasteiger partial charge on any atom is 0.306 e. The van der Waals surface area contributed by atoms with E-state index in [-0.39, 0.29) is 30.7 Å². The summed E-state index contributed by atoms with van der Waals surface area (Å²) in [5.74, 6) is -1.81. The number of carbonyl (C=O) groups excluding carboxylic acids is 2. The minimum atomic E-state index is -1.01. The molecule has 2 amide bonds. The van der Waals surface area contributed by atoms with Crippen molar-refractivity contribution in [2.45, 2.75) is 72.6 Å². The van der Waals surface area contributed by atoms with Crippen molar-refractivity contribution in [2.75, 3.05) is 27.4 Å². The molecule has 2 aliphatic heterocycles. The van der Waals surface area contributed by atoms with E-state index in [4.69, 9.17) is 24.1 Å². The molecule has 0 saturated heterocycles. The molecule has 2 aliphatic rings. The van der Waals surface area contributed by atoms with Crippen molar-refractivity contribution < 1.29 is 48.3 Å². The lowest BCUT2D eigenvalue weighted by Gasteiger charge is -2.24. The molecule has 46 heavy (non-hydrogen) atoms. The molecule has 2 N–H and O–H groups in total. The molecule has 13 heteroatoms. The zero-order valence-electron chi connectivity index (χ0n) is 27.0. The van der Waals surface area contributed by atoms with Crippen molar-refractivity contribution >= 4 is 39.7 Å². The van der Waals surface area contributed by atoms with Crippen LogP contribution in [0, 0.1) is 18.8 Å². The van der Waals surface area contributed by atoms with Gasteiger partial charge in [0.05, 0.1) is 49.8 Å². The molecule has 0 spiro atoms. The first-order valence-electron chi connectivity index (χ1n) is 15.2. The number of ether oxygens (including phenoxy) is 4. The third-order valence-electron chi connectivity index (χ3n) is 8.64. The van der Waals surface area contributed by atoms with Gasteiger partial charge >= 0.3 is 11.9 Å². The van der Waals surface area contributed by atoms with Crippen molar-refractivity contribution in [3.8, 4) is 23.0 Å². The van der Waals surface area contributed by atoms with E-state index in [1.54, 1.807) is 24.0 Å². The monoisotopic (exact) mass is 704 g/mol. The van der Waals surface area contributed by atoms with E-state index in [1.807, 2.05) is 26.0 Å². The van der Waals surface area contributed by atoms with Crippen molar-refractivity contribution in [3.63, 3.8) is 0 Å². The smallest absolute Gasteiger partial charge is 0.306 e. The van der Waals surface area contributed by atoms with Crippen LogP contribution in [0.25, 0.3) is 0 Å². The number of carbonyl (C=O) groups is 4. The summed E-state index contributed by atoms with van der Waals surface area (Å²) in [4.78, 5) is 51.5. The van der Waals surface area contributed by atoms with Gasteiger partial charge < -0.3 is 39.0 Å². The number of benzene rings is 2. The molecule has 0 radical (unpaired) electrons. The number of halogens is 1. The molecule has 0 bridgehead atoms. The van der Waals surface area contributed by atoms with E-state index >= 15 is 0 Å². The third kappa shape index (κ3) is 7.19. The Hall–Kier alpha value is -4.00. The van der Waals surface area contributed by atoms with Gasteiger partial charge in [-0.2, -0.15) is 0 Å². The van der Waals surface area contributed by atoms with Crippen molar-refractivity contribution in [3.05, 3.63) is 44.4 Å². The first kappa shape index (κ1) is 34.9. The van der Waals surface area contributed by atoms with Gasteiger partial charge in [0.1, 0.15) is 0 Å². The largest absolute Gasteiger partial charge is 0.493 e. The maximum absolute atomic E-state index is 13.0. The quantitative estimate of drug-likeness (QED) is 0.254. The molecule has 2 aromatic rings. The molecule has 2 aromatic carbocycles. The highest BCUT2D eigenvalue weighted by molar-refractivity contribution is 9.10. The summed E-state index contributed by atoms with van der Waals surface area (Å²) in [5, 5.41) is 18.4. The molecular formula is C33H41BrN2O10. The highest BCUT2D eigenvalue weighted by atomic mass is 79.9. The van der Waals surface area contributed by atoms with E-state index in [2.05, 4.69) is 15.9 Å². The highest BCUT2D eigenvalue weighted by Gasteiger charge is 2.37. The van der Waals surface area contributed by atoms with Gasteiger partial charge in [0, 0.05) is 44.5 Å². The third-order valence-corrected chi connectivity index (χ3v) is 9.48. The van der Waals surface area contributed by atoms with Crippen LogP contribution in [0.3, 0.4) is 0 Å². The second-order valence-corrected chi connectivity index (χ2v) is 12.6. The standard InChI is InChI=1S/C33H41BrN2O10/c1-17(32(39)40)10-26(37)35-14-21-12-24(43-5)25(13-22(21)15-35)45-8-7-9-46-30-19(3)28-20(4)36(27(38)11-18(2)33(41)42)16-23(28)29(34)31(30)44-6/h12-13,17-18,20H,7-11,14-16H2,1-6H3,(H,39,40)(H,41,42)/t17-,18-,20?/m0/s1. The number of carboxylic acid groups (broad SMARTS) is 2. The summed E-state index contributed by atoms with van der Waals surface area (Å²) < 4.78 is 24.2. The summed E-state index contributed by atoms with van der Waals surface area (Å²) in [7, 11) is 3.10. The van der Waals surface area contributed by atoms with Gasteiger partial charge in [-0.1, -0.05) is 13.8 Å². The molecule has 0 aromatic heterocycles. The number of rotatable bonds is 14. The van der Waals surface area contributed by atoms with E-state index in [9.17, 15) is 24.3 Å². The Bertz CT molecular complexity index is 1530. The number of carboxylic acids is 2. The molecular weight excluding hydrogens is 664 g/mol. The van der Waals surface area contributed by atoms with E-state index in [0.717, 1.165) is 27.8 Å². The normalized spacial score (nSPS) is 16.4. The first-order valence-corrected chi connectivity index (χ1v) is 15.9. The Morgan fingerprint density at radius 2 is 1.43 bits per heavy atom. The molecule has 250 valence electrons. The van der Waals surface area contributed by atoms with Crippen molar-refractivity contribution in [2.24, 2.45) is 11.8 Å². The number of nitrogens with zero attached hydrogens (tertiary/aromatic N) is 2. The molecule has 1 unspecified atom stereocenters. The van der Waals surface area contributed by atoms with E-state index in [1.165, 1.54) is 13.8 Å². The second-order valence-electron chi connectivity index (χ2n) is 11.9. The lowest BCUT2D eigenvalue weighted by atomic mass is 9.98. The van der Waals surface area contributed by atoms with Crippen LogP contribution in [0.2, 0.25) is 0 Å². The number of hydrogen-bond donors (Lipinski definition) is 2. The zero-order valence-corrected chi connectivity index (χ0v) is 28.6. The number of amides is 2. The minimum absolute atomic E-state index is 0.0593. The van der Waals surface area contributed by atoms with Gasteiger partial charge in [-0.25, -0.2) is 0 Å². The summed E-state index contributed by atoms with van der Waals surface area (Å²) in [5.41, 5.74) is 4.56. The lowest BCUT2D eigenvalue weighted by molar-refractivity contribution is -0.146. The fourth-order valence-electron chi connectivity index (χ4n) is 5.93. The molecule has 12 nitrogen and oxygen atoms in total. The predicted molar refractivity (Wildman–Crippen MR) is 170 cm³/mol. The Kier molecular flexibility index (Phi) is 11.1. The summed E-state index contributed by atoms with van der Waals surface area (Å²) >= 11 is 3.65. The zero-order chi connectivity index (χ0) is 33.9. The van der Waals surface area contributed by atoms with Gasteiger partial charge in [-0.05, 0) is 64.2 Å². The molecule has 2 heterocycles. The predicted octanol–water partition coefficient (Wildman–Crippen LogP) is 5.09. The van der Waals surface area contributed by atoms with Crippen LogP contribution in [0.1, 0.15) is 73.9 Å². The average molecular weight is 706 g/mol. The van der Waals surface area contributed by atoms with E-state index < -0.39 is 23.8 Å². The molecule has 0 aliphatic carbocycles. The van der Waals surface area contributed by atoms with Crippen LogP contribution < -0.4 is 18.9 Å². The van der Waals surface area contributed by atoms with Crippen LogP contribution >= 0.6 is 15.9 Å². The Labute approximate surface area is 276 Å². The fraction of sp³-hybridized carbons (Fsp3) is 0.515. The first-order chi connectivity index (χ1) is 21.8. The summed E-state index contributed by atoms with van der Waals surface area (Å²) in [6, 6.07) is 3.44. The van der Waals surface area contributed by atoms with Crippen LogP contribution in [0.4, 0.5) is 0 Å². The Morgan fingerprint density at radius 1 is 0.870 bits per heavy atom. The summed E-state index contributed by atoms with van der Waals surface area (Å²) in [6.07, 6.45) is 0.390. The van der Waals surface area contributed by atoms with Crippen LogP contribution in [0.15, 0.2) is 16.6 Å². The average Bonchev–Trinajstić information content (AvgIpc) is 3.59. The van der Waals surface area contributed by atoms with Gasteiger partial charge in [0.2, 0.25) is 11.8 Å². The molecule has 3 atom stereocenters. The van der Waals surface area contributed by atoms with Crippen molar-refractivity contribution in [1.29, 1.82) is 0 Å². The van der Waals surface area contributed by atoms with E-state index in [0.29, 0.717) is 66.7 Å². The molecule has 0 fully saturated rings. The van der Waals surface area contributed by atoms with Crippen LogP contribution in [-0.4, -0.2) is 71.2 Å². The highest BCUT2D eigenvalue weighted by Crippen LogP contribution is 2.50. The van der Waals surface area contributed by atoms with Crippen molar-refractivity contribution in [1.82, 2.24) is 9.80 Å². The number of fused-ring (bicyclic) bond motifs is 2. The lowest BCUT2D eigenvalue weighted by Crippen LogP contribution is -2.31. The maximum atomic E-state index is 13.0. The molecule has 0 saturated carbocycles. The van der Waals surface area contributed by atoms with Gasteiger partial charge in [0.25, 0.3) is 0 Å². The topological polar surface area (TPSA) is 152 Å². The van der Waals surface area contributed by atoms with Crippen LogP contribution in [-0.2, 0) is 38.8 Å². The SMILES string of the molecule is COc1cc2c(cc1OCCCOc1c(C)c3c(c(Br)c1OC)CN(C(=O)C[C@H](C)C(=O)O)C3C)CN(C(=O)C[C@H](C)C(=O)O)C2. The Morgan fingerprint density at radius 3 is 2.00 bits per heavy atom. The Balaban J connectivity index is 1.39. The number of hydrogen-bond acceptors (Lipinski definition) is 8. The van der Waals surface area contributed by atoms with Gasteiger partial charge in [-0.3, -0.25) is 19.2 Å². The summed E-state index contributed by atoms with van der Waals surface area (Å²) in [6.45, 7) is 8.62. The second kappa shape index (κ2) is 14.6.